The number of aromatic nitrogens is 3. The van der Waals surface area contributed by atoms with E-state index in [4.69, 9.17) is 16.3 Å². The third kappa shape index (κ3) is 5.03. The molecule has 1 saturated heterocycles. The minimum atomic E-state index is -0.0435. The van der Waals surface area contributed by atoms with Crippen molar-refractivity contribution in [2.24, 2.45) is 0 Å². The second-order valence-electron chi connectivity index (χ2n) is 7.21. The maximum Gasteiger partial charge on any atom is 0.230 e. The van der Waals surface area contributed by atoms with Crippen molar-refractivity contribution in [2.45, 2.75) is 31.0 Å². The van der Waals surface area contributed by atoms with Crippen LogP contribution >= 0.6 is 23.4 Å². The number of carbonyl (C=O) groups excluding carboxylic acids is 1. The minimum Gasteiger partial charge on any atom is -0.376 e. The third-order valence-corrected chi connectivity index (χ3v) is 6.09. The predicted octanol–water partition coefficient (Wildman–Crippen LogP) is 4.28. The van der Waals surface area contributed by atoms with Crippen LogP contribution in [-0.2, 0) is 9.53 Å². The number of aryl methyl sites for hydroxylation is 1. The molecule has 0 saturated carbocycles. The Morgan fingerprint density at radius 2 is 1.97 bits per heavy atom. The maximum atomic E-state index is 12.3. The number of nitrogens with one attached hydrogen (secondary N) is 1. The number of nitrogens with zero attached hydrogens (tertiary/aromatic N) is 3. The van der Waals surface area contributed by atoms with Crippen LogP contribution in [0.4, 0.5) is 0 Å². The van der Waals surface area contributed by atoms with Crippen molar-refractivity contribution >= 4 is 29.3 Å². The average Bonchev–Trinajstić information content (AvgIpc) is 3.42. The van der Waals surface area contributed by atoms with Gasteiger partial charge in [-0.05, 0) is 44.0 Å². The molecule has 156 valence electrons. The molecule has 6 nitrogen and oxygen atoms in total. The molecule has 0 aliphatic carbocycles. The summed E-state index contributed by atoms with van der Waals surface area (Å²) in [7, 11) is 0. The number of carbonyl (C=O) groups is 1. The molecule has 8 heteroatoms. The molecule has 1 amide bonds. The Morgan fingerprint density at radius 1 is 1.20 bits per heavy atom. The second kappa shape index (κ2) is 9.64. The number of hydrogen-bond donors (Lipinski definition) is 1. The summed E-state index contributed by atoms with van der Waals surface area (Å²) in [5, 5.41) is 13.0. The molecule has 30 heavy (non-hydrogen) atoms. The molecule has 3 aromatic rings. The van der Waals surface area contributed by atoms with Crippen molar-refractivity contribution in [3.63, 3.8) is 0 Å². The average molecular weight is 443 g/mol. The second-order valence-corrected chi connectivity index (χ2v) is 8.59. The first-order chi connectivity index (χ1) is 14.6. The summed E-state index contributed by atoms with van der Waals surface area (Å²) in [6.45, 7) is 3.38. The molecule has 1 N–H and O–H groups in total. The Kier molecular flexibility index (Phi) is 6.72. The molecular formula is C22H23ClN4O2S. The molecule has 1 unspecified atom stereocenters. The van der Waals surface area contributed by atoms with Gasteiger partial charge in [-0.25, -0.2) is 0 Å². The molecule has 1 aliphatic heterocycles. The van der Waals surface area contributed by atoms with E-state index in [1.54, 1.807) is 0 Å². The number of hydrogen-bond acceptors (Lipinski definition) is 5. The fraction of sp³-hybridized carbons (Fsp3) is 0.318. The first kappa shape index (κ1) is 20.9. The van der Waals surface area contributed by atoms with Crippen LogP contribution in [0, 0.1) is 6.92 Å². The zero-order chi connectivity index (χ0) is 20.9. The van der Waals surface area contributed by atoms with E-state index >= 15 is 0 Å². The van der Waals surface area contributed by atoms with Crippen LogP contribution in [0.3, 0.4) is 0 Å². The van der Waals surface area contributed by atoms with E-state index in [1.165, 1.54) is 17.3 Å². The SMILES string of the molecule is Cc1ccc(-c2nnc(SCC(=O)NCC3CCCO3)n2-c2ccc(Cl)cc2)cc1. The number of rotatable bonds is 7. The molecule has 0 bridgehead atoms. The fourth-order valence-electron chi connectivity index (χ4n) is 3.29. The van der Waals surface area contributed by atoms with Gasteiger partial charge in [-0.3, -0.25) is 9.36 Å². The van der Waals surface area contributed by atoms with Gasteiger partial charge in [-0.1, -0.05) is 53.2 Å². The van der Waals surface area contributed by atoms with Crippen LogP contribution in [0.1, 0.15) is 18.4 Å². The van der Waals surface area contributed by atoms with Gasteiger partial charge >= 0.3 is 0 Å². The number of ether oxygens (including phenoxy) is 1. The van der Waals surface area contributed by atoms with Crippen molar-refractivity contribution in [2.75, 3.05) is 18.9 Å². The summed E-state index contributed by atoms with van der Waals surface area (Å²) >= 11 is 7.43. The van der Waals surface area contributed by atoms with Gasteiger partial charge in [0.1, 0.15) is 0 Å². The molecular weight excluding hydrogens is 420 g/mol. The van der Waals surface area contributed by atoms with Gasteiger partial charge in [0.05, 0.1) is 11.9 Å². The van der Waals surface area contributed by atoms with E-state index in [2.05, 4.69) is 15.5 Å². The molecule has 2 heterocycles. The lowest BCUT2D eigenvalue weighted by atomic mass is 10.1. The lowest BCUT2D eigenvalue weighted by Crippen LogP contribution is -2.32. The summed E-state index contributed by atoms with van der Waals surface area (Å²) in [5.41, 5.74) is 3.02. The van der Waals surface area contributed by atoms with Gasteiger partial charge in [-0.15, -0.1) is 10.2 Å². The highest BCUT2D eigenvalue weighted by molar-refractivity contribution is 7.99. The lowest BCUT2D eigenvalue weighted by Gasteiger charge is -2.12. The van der Waals surface area contributed by atoms with E-state index < -0.39 is 0 Å². The Hall–Kier alpha value is -2.35. The normalized spacial score (nSPS) is 16.0. The van der Waals surface area contributed by atoms with E-state index in [-0.39, 0.29) is 17.8 Å². The summed E-state index contributed by atoms with van der Waals surface area (Å²) in [6.07, 6.45) is 2.18. The largest absolute Gasteiger partial charge is 0.376 e. The smallest absolute Gasteiger partial charge is 0.230 e. The molecule has 1 fully saturated rings. The molecule has 1 aliphatic rings. The zero-order valence-electron chi connectivity index (χ0n) is 16.7. The van der Waals surface area contributed by atoms with E-state index in [0.717, 1.165) is 36.5 Å². The minimum absolute atomic E-state index is 0.0435. The van der Waals surface area contributed by atoms with Crippen LogP contribution in [0.5, 0.6) is 0 Å². The molecule has 2 aromatic carbocycles. The highest BCUT2D eigenvalue weighted by atomic mass is 35.5. The standard InChI is InChI=1S/C22H23ClN4O2S/c1-15-4-6-16(7-5-15)21-25-26-22(27(21)18-10-8-17(23)9-11-18)30-14-20(28)24-13-19-3-2-12-29-19/h4-11,19H,2-3,12-14H2,1H3,(H,24,28). The Balaban J connectivity index is 1.54. The van der Waals surface area contributed by atoms with Gasteiger partial charge in [0.15, 0.2) is 11.0 Å². The highest BCUT2D eigenvalue weighted by Crippen LogP contribution is 2.28. The summed E-state index contributed by atoms with van der Waals surface area (Å²) in [6, 6.07) is 15.6. The fourth-order valence-corrected chi connectivity index (χ4v) is 4.20. The molecule has 0 radical (unpaired) electrons. The van der Waals surface area contributed by atoms with Crippen LogP contribution in [-0.4, -0.2) is 45.7 Å². The van der Waals surface area contributed by atoms with Crippen molar-refractivity contribution in [3.8, 4) is 17.1 Å². The Bertz CT molecular complexity index is 999. The van der Waals surface area contributed by atoms with Gasteiger partial charge < -0.3 is 10.1 Å². The van der Waals surface area contributed by atoms with Gasteiger partial charge in [-0.2, -0.15) is 0 Å². The summed E-state index contributed by atoms with van der Waals surface area (Å²) in [4.78, 5) is 12.3. The molecule has 0 spiro atoms. The van der Waals surface area contributed by atoms with Crippen molar-refractivity contribution in [1.82, 2.24) is 20.1 Å². The quantitative estimate of drug-likeness (QED) is 0.553. The third-order valence-electron chi connectivity index (χ3n) is 4.91. The van der Waals surface area contributed by atoms with E-state index in [1.807, 2.05) is 60.0 Å². The zero-order valence-corrected chi connectivity index (χ0v) is 18.2. The molecule has 1 atom stereocenters. The summed E-state index contributed by atoms with van der Waals surface area (Å²) in [5.74, 6) is 0.935. The van der Waals surface area contributed by atoms with Gasteiger partial charge in [0.25, 0.3) is 0 Å². The lowest BCUT2D eigenvalue weighted by molar-refractivity contribution is -0.119. The van der Waals surface area contributed by atoms with E-state index in [9.17, 15) is 4.79 Å². The first-order valence-corrected chi connectivity index (χ1v) is 11.3. The molecule has 1 aromatic heterocycles. The van der Waals surface area contributed by atoms with Crippen LogP contribution in [0.25, 0.3) is 17.1 Å². The van der Waals surface area contributed by atoms with E-state index in [0.29, 0.717) is 16.7 Å². The summed E-state index contributed by atoms with van der Waals surface area (Å²) < 4.78 is 7.51. The maximum absolute atomic E-state index is 12.3. The number of thioether (sulfide) groups is 1. The predicted molar refractivity (Wildman–Crippen MR) is 119 cm³/mol. The van der Waals surface area contributed by atoms with Crippen molar-refractivity contribution < 1.29 is 9.53 Å². The first-order valence-electron chi connectivity index (χ1n) is 9.89. The van der Waals surface area contributed by atoms with Gasteiger partial charge in [0, 0.05) is 29.4 Å². The van der Waals surface area contributed by atoms with Crippen molar-refractivity contribution in [3.05, 3.63) is 59.1 Å². The van der Waals surface area contributed by atoms with Crippen LogP contribution in [0.2, 0.25) is 5.02 Å². The highest BCUT2D eigenvalue weighted by Gasteiger charge is 2.19. The number of benzene rings is 2. The molecule has 4 rings (SSSR count). The number of amides is 1. The van der Waals surface area contributed by atoms with Gasteiger partial charge in [0.2, 0.25) is 5.91 Å². The number of halogens is 1. The Morgan fingerprint density at radius 3 is 2.67 bits per heavy atom. The van der Waals surface area contributed by atoms with Crippen molar-refractivity contribution in [1.29, 1.82) is 0 Å². The topological polar surface area (TPSA) is 69.0 Å². The Labute approximate surface area is 185 Å². The monoisotopic (exact) mass is 442 g/mol. The van der Waals surface area contributed by atoms with Crippen LogP contribution < -0.4 is 5.32 Å². The van der Waals surface area contributed by atoms with Crippen LogP contribution in [0.15, 0.2) is 53.7 Å².